The summed E-state index contributed by atoms with van der Waals surface area (Å²) in [6, 6.07) is 16.9. The first-order valence-corrected chi connectivity index (χ1v) is 8.82. The van der Waals surface area contributed by atoms with Gasteiger partial charge in [-0.15, -0.1) is 10.2 Å². The molecule has 0 aliphatic heterocycles. The lowest BCUT2D eigenvalue weighted by molar-refractivity contribution is -0.131. The molecule has 0 aliphatic carbocycles. The molecule has 0 saturated heterocycles. The lowest BCUT2D eigenvalue weighted by Crippen LogP contribution is -2.25. The second kappa shape index (κ2) is 8.66. The molecule has 3 aromatic rings. The van der Waals surface area contributed by atoms with Crippen molar-refractivity contribution < 1.29 is 9.63 Å². The van der Waals surface area contributed by atoms with Gasteiger partial charge in [0, 0.05) is 5.02 Å². The second-order valence-electron chi connectivity index (χ2n) is 5.05. The number of nitrogens with one attached hydrogen (secondary N) is 1. The molecule has 0 radical (unpaired) electrons. The number of carbonyl (C=O) groups is 1. The Morgan fingerprint density at radius 1 is 1.20 bits per heavy atom. The van der Waals surface area contributed by atoms with Gasteiger partial charge in [0.15, 0.2) is 5.16 Å². The number of halogens is 1. The predicted octanol–water partition coefficient (Wildman–Crippen LogP) is 3.26. The van der Waals surface area contributed by atoms with E-state index in [1.165, 1.54) is 11.8 Å². The Kier molecular flexibility index (Phi) is 6.05. The Morgan fingerprint density at radius 2 is 2.04 bits per heavy atom. The van der Waals surface area contributed by atoms with Crippen molar-refractivity contribution in [2.45, 2.75) is 11.8 Å². The Balaban J connectivity index is 1.50. The molecule has 0 saturated carbocycles. The Labute approximate surface area is 154 Å². The third kappa shape index (κ3) is 5.06. The van der Waals surface area contributed by atoms with Crippen LogP contribution >= 0.6 is 23.4 Å². The average molecular weight is 375 g/mol. The van der Waals surface area contributed by atoms with Gasteiger partial charge in [0.2, 0.25) is 0 Å². The molecule has 6 nitrogen and oxygen atoms in total. The zero-order valence-electron chi connectivity index (χ0n) is 13.1. The van der Waals surface area contributed by atoms with Gasteiger partial charge in [0.25, 0.3) is 5.91 Å². The molecule has 8 heteroatoms. The number of hydroxylamine groups is 1. The van der Waals surface area contributed by atoms with E-state index in [0.717, 1.165) is 11.3 Å². The highest BCUT2D eigenvalue weighted by Crippen LogP contribution is 2.21. The molecule has 0 fully saturated rings. The number of hydrogen-bond acceptors (Lipinski definition) is 5. The first kappa shape index (κ1) is 17.5. The summed E-state index contributed by atoms with van der Waals surface area (Å²) in [6.07, 6.45) is 1.58. The minimum absolute atomic E-state index is 0.161. The molecule has 1 amide bonds. The molecule has 0 bridgehead atoms. The monoisotopic (exact) mass is 374 g/mol. The standard InChI is InChI=1S/C17H15ClN4O2S/c18-14-7-4-8-15(9-14)22-12-19-20-17(22)25-11-16(23)21-24-10-13-5-2-1-3-6-13/h1-9,12H,10-11H2,(H,21,23). The minimum Gasteiger partial charge on any atom is -0.277 e. The Hall–Kier alpha value is -2.35. The van der Waals surface area contributed by atoms with Crippen molar-refractivity contribution in [1.29, 1.82) is 0 Å². The van der Waals surface area contributed by atoms with Gasteiger partial charge >= 0.3 is 0 Å². The van der Waals surface area contributed by atoms with Crippen molar-refractivity contribution in [2.75, 3.05) is 5.75 Å². The van der Waals surface area contributed by atoms with E-state index in [1.54, 1.807) is 23.0 Å². The smallest absolute Gasteiger partial charge is 0.254 e. The quantitative estimate of drug-likeness (QED) is 0.507. The molecule has 128 valence electrons. The highest BCUT2D eigenvalue weighted by molar-refractivity contribution is 7.99. The van der Waals surface area contributed by atoms with Crippen LogP contribution in [0.3, 0.4) is 0 Å². The van der Waals surface area contributed by atoms with Crippen LogP contribution in [0, 0.1) is 0 Å². The Morgan fingerprint density at radius 3 is 2.84 bits per heavy atom. The van der Waals surface area contributed by atoms with Crippen LogP contribution < -0.4 is 5.48 Å². The molecule has 25 heavy (non-hydrogen) atoms. The van der Waals surface area contributed by atoms with Gasteiger partial charge in [0.1, 0.15) is 6.33 Å². The number of rotatable bonds is 7. The molecular weight excluding hydrogens is 360 g/mol. The van der Waals surface area contributed by atoms with Gasteiger partial charge in [0.05, 0.1) is 18.0 Å². The van der Waals surface area contributed by atoms with Crippen molar-refractivity contribution in [3.8, 4) is 5.69 Å². The summed E-state index contributed by atoms with van der Waals surface area (Å²) in [7, 11) is 0. The van der Waals surface area contributed by atoms with Gasteiger partial charge in [-0.05, 0) is 23.8 Å². The number of hydrogen-bond donors (Lipinski definition) is 1. The summed E-state index contributed by atoms with van der Waals surface area (Å²) in [6.45, 7) is 0.315. The molecule has 0 unspecified atom stereocenters. The van der Waals surface area contributed by atoms with E-state index in [2.05, 4.69) is 15.7 Å². The second-order valence-corrected chi connectivity index (χ2v) is 6.43. The first-order chi connectivity index (χ1) is 12.2. The number of nitrogens with zero attached hydrogens (tertiary/aromatic N) is 3. The summed E-state index contributed by atoms with van der Waals surface area (Å²) >= 11 is 7.27. The third-order valence-electron chi connectivity index (χ3n) is 3.20. The van der Waals surface area contributed by atoms with E-state index >= 15 is 0 Å². The van der Waals surface area contributed by atoms with Crippen LogP contribution in [0.4, 0.5) is 0 Å². The number of aromatic nitrogens is 3. The highest BCUT2D eigenvalue weighted by Gasteiger charge is 2.10. The van der Waals surface area contributed by atoms with Gasteiger partial charge < -0.3 is 0 Å². The van der Waals surface area contributed by atoms with Crippen LogP contribution in [0.25, 0.3) is 5.69 Å². The van der Waals surface area contributed by atoms with E-state index in [9.17, 15) is 4.79 Å². The topological polar surface area (TPSA) is 69.0 Å². The lowest BCUT2D eigenvalue weighted by atomic mass is 10.2. The lowest BCUT2D eigenvalue weighted by Gasteiger charge is -2.07. The fourth-order valence-corrected chi connectivity index (χ4v) is 2.96. The SMILES string of the molecule is O=C(CSc1nncn1-c1cccc(Cl)c1)NOCc1ccccc1. The van der Waals surface area contributed by atoms with Crippen molar-refractivity contribution in [3.63, 3.8) is 0 Å². The maximum Gasteiger partial charge on any atom is 0.254 e. The maximum atomic E-state index is 11.9. The van der Waals surface area contributed by atoms with E-state index in [-0.39, 0.29) is 11.7 Å². The van der Waals surface area contributed by atoms with Crippen LogP contribution in [0.15, 0.2) is 66.1 Å². The molecule has 1 aromatic heterocycles. The summed E-state index contributed by atoms with van der Waals surface area (Å²) < 4.78 is 1.77. The zero-order valence-corrected chi connectivity index (χ0v) is 14.7. The summed E-state index contributed by atoms with van der Waals surface area (Å²) in [5.41, 5.74) is 4.24. The van der Waals surface area contributed by atoms with Gasteiger partial charge in [-0.3, -0.25) is 14.2 Å². The average Bonchev–Trinajstić information content (AvgIpc) is 3.09. The predicted molar refractivity (Wildman–Crippen MR) is 96.5 cm³/mol. The Bertz CT molecular complexity index is 841. The van der Waals surface area contributed by atoms with Gasteiger partial charge in [-0.2, -0.15) is 0 Å². The van der Waals surface area contributed by atoms with Crippen molar-refractivity contribution in [2.24, 2.45) is 0 Å². The van der Waals surface area contributed by atoms with Crippen LogP contribution in [0.2, 0.25) is 5.02 Å². The normalized spacial score (nSPS) is 10.6. The molecule has 2 aromatic carbocycles. The number of benzene rings is 2. The van der Waals surface area contributed by atoms with E-state index < -0.39 is 0 Å². The fourth-order valence-electron chi connectivity index (χ4n) is 2.06. The molecule has 3 rings (SSSR count). The number of amides is 1. The van der Waals surface area contributed by atoms with Crippen LogP contribution in [-0.2, 0) is 16.2 Å². The van der Waals surface area contributed by atoms with E-state index in [4.69, 9.17) is 16.4 Å². The molecule has 1 N–H and O–H groups in total. The van der Waals surface area contributed by atoms with Crippen molar-refractivity contribution >= 4 is 29.3 Å². The van der Waals surface area contributed by atoms with Crippen LogP contribution in [-0.4, -0.2) is 26.4 Å². The largest absolute Gasteiger partial charge is 0.277 e. The summed E-state index contributed by atoms with van der Waals surface area (Å²) in [5.74, 6) is -0.0878. The van der Waals surface area contributed by atoms with E-state index in [0.29, 0.717) is 16.8 Å². The van der Waals surface area contributed by atoms with Crippen molar-refractivity contribution in [1.82, 2.24) is 20.2 Å². The summed E-state index contributed by atoms with van der Waals surface area (Å²) in [5, 5.41) is 9.15. The third-order valence-corrected chi connectivity index (χ3v) is 4.38. The highest BCUT2D eigenvalue weighted by atomic mass is 35.5. The zero-order chi connectivity index (χ0) is 17.5. The molecule has 0 atom stereocenters. The molecule has 0 spiro atoms. The van der Waals surface area contributed by atoms with Crippen LogP contribution in [0.1, 0.15) is 5.56 Å². The van der Waals surface area contributed by atoms with E-state index in [1.807, 2.05) is 42.5 Å². The molecular formula is C17H15ClN4O2S. The van der Waals surface area contributed by atoms with Crippen LogP contribution in [0.5, 0.6) is 0 Å². The summed E-state index contributed by atoms with van der Waals surface area (Å²) in [4.78, 5) is 17.1. The van der Waals surface area contributed by atoms with Crippen molar-refractivity contribution in [3.05, 3.63) is 71.5 Å². The number of carbonyl (C=O) groups excluding carboxylic acids is 1. The minimum atomic E-state index is -0.249. The first-order valence-electron chi connectivity index (χ1n) is 7.46. The molecule has 0 aliphatic rings. The fraction of sp³-hybridized carbons (Fsp3) is 0.118. The maximum absolute atomic E-state index is 11.9. The van der Waals surface area contributed by atoms with Gasteiger partial charge in [-0.25, -0.2) is 5.48 Å². The van der Waals surface area contributed by atoms with Gasteiger partial charge in [-0.1, -0.05) is 59.8 Å². The molecule has 1 heterocycles. The number of thioether (sulfide) groups is 1.